The third-order valence-electron chi connectivity index (χ3n) is 9.31. The average molecular weight is 664 g/mol. The van der Waals surface area contributed by atoms with Gasteiger partial charge in [0.2, 0.25) is 23.7 Å². The van der Waals surface area contributed by atoms with Crippen LogP contribution in [0.1, 0.15) is 102 Å². The van der Waals surface area contributed by atoms with E-state index in [2.05, 4.69) is 15.5 Å². The second-order valence-corrected chi connectivity index (χ2v) is 13.9. The van der Waals surface area contributed by atoms with E-state index in [-0.39, 0.29) is 36.7 Å². The Morgan fingerprint density at radius 1 is 0.936 bits per heavy atom. The first-order valence-electron chi connectivity index (χ1n) is 17.5. The molecule has 9 nitrogen and oxygen atoms in total. The van der Waals surface area contributed by atoms with Gasteiger partial charge in [-0.25, -0.2) is 4.99 Å². The molecular formula is C37H50ClN5O4. The minimum Gasteiger partial charge on any atom is -0.493 e. The fourth-order valence-electron chi connectivity index (χ4n) is 7.10. The van der Waals surface area contributed by atoms with Crippen molar-refractivity contribution in [1.82, 2.24) is 20.4 Å². The lowest BCUT2D eigenvalue weighted by Crippen LogP contribution is -2.50. The molecule has 2 saturated carbocycles. The normalized spacial score (nSPS) is 17.1. The second kappa shape index (κ2) is 17.0. The highest BCUT2D eigenvalue weighted by molar-refractivity contribution is 6.30. The van der Waals surface area contributed by atoms with Crippen LogP contribution in [0.25, 0.3) is 0 Å². The number of rotatable bonds is 12. The van der Waals surface area contributed by atoms with Gasteiger partial charge >= 0.3 is 0 Å². The molecule has 3 aliphatic rings. The molecule has 0 spiro atoms. The molecule has 0 aromatic heterocycles. The fourth-order valence-corrected chi connectivity index (χ4v) is 7.22. The van der Waals surface area contributed by atoms with Crippen molar-refractivity contribution in [3.05, 3.63) is 58.6 Å². The third kappa shape index (κ3) is 9.95. The van der Waals surface area contributed by atoms with Crippen LogP contribution in [0.5, 0.6) is 5.75 Å². The Hall–Kier alpha value is -3.59. The summed E-state index contributed by atoms with van der Waals surface area (Å²) < 4.78 is 6.28. The number of amides is 3. The van der Waals surface area contributed by atoms with Gasteiger partial charge < -0.3 is 19.9 Å². The Morgan fingerprint density at radius 2 is 1.60 bits per heavy atom. The van der Waals surface area contributed by atoms with Crippen LogP contribution in [0.4, 0.5) is 5.69 Å². The molecule has 0 atom stereocenters. The minimum absolute atomic E-state index is 0.0202. The first kappa shape index (κ1) is 34.7. The Balaban J connectivity index is 1.24. The zero-order valence-electron chi connectivity index (χ0n) is 27.9. The number of carbonyl (C=O) groups excluding carboxylic acids is 3. The van der Waals surface area contributed by atoms with Gasteiger partial charge in [0, 0.05) is 35.1 Å². The van der Waals surface area contributed by atoms with Crippen molar-refractivity contribution < 1.29 is 19.1 Å². The van der Waals surface area contributed by atoms with Crippen molar-refractivity contribution in [2.45, 2.75) is 122 Å². The van der Waals surface area contributed by atoms with Gasteiger partial charge in [-0.15, -0.1) is 0 Å². The zero-order chi connectivity index (χ0) is 33.2. The number of aliphatic imine (C=N–C) groups is 1. The number of nitrogens with zero attached hydrogens (tertiary/aromatic N) is 3. The summed E-state index contributed by atoms with van der Waals surface area (Å²) >= 11 is 6.00. The van der Waals surface area contributed by atoms with E-state index in [1.807, 2.05) is 44.2 Å². The molecule has 1 aliphatic heterocycles. The molecule has 3 amide bonds. The van der Waals surface area contributed by atoms with Crippen molar-refractivity contribution in [1.29, 1.82) is 0 Å². The van der Waals surface area contributed by atoms with Gasteiger partial charge in [0.1, 0.15) is 12.3 Å². The van der Waals surface area contributed by atoms with Crippen LogP contribution in [0, 0.1) is 0 Å². The van der Waals surface area contributed by atoms with E-state index < -0.39 is 0 Å². The molecule has 254 valence electrons. The quantitative estimate of drug-likeness (QED) is 0.247. The summed E-state index contributed by atoms with van der Waals surface area (Å²) in [5, 5.41) is 6.46. The number of fused-ring (bicyclic) bond motifs is 1. The van der Waals surface area contributed by atoms with E-state index in [0.29, 0.717) is 60.5 Å². The van der Waals surface area contributed by atoms with E-state index in [9.17, 15) is 14.4 Å². The molecular weight excluding hydrogens is 614 g/mol. The molecule has 2 aliphatic carbocycles. The number of benzene rings is 2. The number of carbonyl (C=O) groups is 3. The Labute approximate surface area is 284 Å². The lowest BCUT2D eigenvalue weighted by molar-refractivity contribution is -0.138. The Kier molecular flexibility index (Phi) is 12.6. The van der Waals surface area contributed by atoms with Gasteiger partial charge in [-0.2, -0.15) is 0 Å². The predicted molar refractivity (Wildman–Crippen MR) is 186 cm³/mol. The molecule has 0 unspecified atom stereocenters. The first-order chi connectivity index (χ1) is 22.8. The molecule has 1 heterocycles. The van der Waals surface area contributed by atoms with Gasteiger partial charge in [-0.1, -0.05) is 68.3 Å². The molecule has 47 heavy (non-hydrogen) atoms. The van der Waals surface area contributed by atoms with Gasteiger partial charge in [-0.05, 0) is 75.8 Å². The van der Waals surface area contributed by atoms with Gasteiger partial charge in [0.05, 0.1) is 25.3 Å². The van der Waals surface area contributed by atoms with Crippen molar-refractivity contribution in [3.8, 4) is 5.75 Å². The standard InChI is InChI=1S/C37H50ClN5O4/c1-26(2)39-35(45)25-42-24-31-32(40-37(42)41-34(44)23-27-18-20-28(38)21-19-27)15-9-16-33(31)47-22-10-17-36(46)43(29-11-5-3-6-12-29)30-13-7-4-8-14-30/h9,15-16,18-21,26,29-30H,3-8,10-14,17,22-25H2,1-2H3,(H,39,45)(H,40,41,44). The van der Waals surface area contributed by atoms with Crippen LogP contribution in [-0.4, -0.2) is 64.8 Å². The highest BCUT2D eigenvalue weighted by Crippen LogP contribution is 2.34. The fraction of sp³-hybridized carbons (Fsp3) is 0.568. The van der Waals surface area contributed by atoms with Crippen LogP contribution in [0.3, 0.4) is 0 Å². The molecule has 2 N–H and O–H groups in total. The summed E-state index contributed by atoms with van der Waals surface area (Å²) in [4.78, 5) is 48.3. The van der Waals surface area contributed by atoms with Crippen molar-refractivity contribution in [2.75, 3.05) is 13.2 Å². The third-order valence-corrected chi connectivity index (χ3v) is 9.57. The van der Waals surface area contributed by atoms with Gasteiger partial charge in [-0.3, -0.25) is 19.7 Å². The zero-order valence-corrected chi connectivity index (χ0v) is 28.7. The lowest BCUT2D eigenvalue weighted by Gasteiger charge is -2.42. The van der Waals surface area contributed by atoms with Crippen LogP contribution >= 0.6 is 11.6 Å². The molecule has 2 aromatic carbocycles. The monoisotopic (exact) mass is 663 g/mol. The SMILES string of the molecule is CC(C)NC(=O)CN1Cc2c(cccc2OCCCC(=O)N(C2CCCCC2)C2CCCCC2)N=C1NC(=O)Cc1ccc(Cl)cc1. The molecule has 0 bridgehead atoms. The average Bonchev–Trinajstić information content (AvgIpc) is 3.05. The molecule has 2 fully saturated rings. The maximum Gasteiger partial charge on any atom is 0.239 e. The maximum atomic E-state index is 13.6. The Morgan fingerprint density at radius 3 is 2.23 bits per heavy atom. The number of nitrogens with one attached hydrogen (secondary N) is 2. The summed E-state index contributed by atoms with van der Waals surface area (Å²) in [6.07, 6.45) is 13.2. The van der Waals surface area contributed by atoms with E-state index in [1.165, 1.54) is 38.5 Å². The van der Waals surface area contributed by atoms with E-state index in [4.69, 9.17) is 21.3 Å². The van der Waals surface area contributed by atoms with E-state index in [0.717, 1.165) is 36.8 Å². The lowest BCUT2D eigenvalue weighted by atomic mass is 9.88. The van der Waals surface area contributed by atoms with Crippen molar-refractivity contribution in [2.24, 2.45) is 4.99 Å². The smallest absolute Gasteiger partial charge is 0.239 e. The van der Waals surface area contributed by atoms with Crippen LogP contribution in [-0.2, 0) is 27.3 Å². The number of guanidine groups is 1. The van der Waals surface area contributed by atoms with Gasteiger partial charge in [0.15, 0.2) is 0 Å². The molecule has 0 radical (unpaired) electrons. The highest BCUT2D eigenvalue weighted by atomic mass is 35.5. The van der Waals surface area contributed by atoms with Gasteiger partial charge in [0.25, 0.3) is 0 Å². The highest BCUT2D eigenvalue weighted by Gasteiger charge is 2.32. The van der Waals surface area contributed by atoms with Crippen LogP contribution < -0.4 is 15.4 Å². The number of hydrogen-bond acceptors (Lipinski definition) is 6. The largest absolute Gasteiger partial charge is 0.493 e. The van der Waals surface area contributed by atoms with E-state index >= 15 is 0 Å². The van der Waals surface area contributed by atoms with Crippen LogP contribution in [0.15, 0.2) is 47.5 Å². The second-order valence-electron chi connectivity index (χ2n) is 13.5. The predicted octanol–water partition coefficient (Wildman–Crippen LogP) is 6.68. The minimum atomic E-state index is -0.239. The van der Waals surface area contributed by atoms with E-state index in [1.54, 1.807) is 17.0 Å². The van der Waals surface area contributed by atoms with Crippen LogP contribution in [0.2, 0.25) is 5.02 Å². The summed E-state index contributed by atoms with van der Waals surface area (Å²) in [6.45, 7) is 4.60. The first-order valence-corrected chi connectivity index (χ1v) is 17.9. The number of hydrogen-bond donors (Lipinski definition) is 2. The molecule has 5 rings (SSSR count). The summed E-state index contributed by atoms with van der Waals surface area (Å²) in [7, 11) is 0. The number of ether oxygens (including phenoxy) is 1. The van der Waals surface area contributed by atoms with Crippen molar-refractivity contribution in [3.63, 3.8) is 0 Å². The maximum absolute atomic E-state index is 13.6. The number of halogens is 1. The molecule has 2 aromatic rings. The molecule has 0 saturated heterocycles. The molecule has 10 heteroatoms. The summed E-state index contributed by atoms with van der Waals surface area (Å²) in [5.41, 5.74) is 2.35. The summed E-state index contributed by atoms with van der Waals surface area (Å²) in [6, 6.07) is 13.6. The summed E-state index contributed by atoms with van der Waals surface area (Å²) in [5.74, 6) is 0.866. The van der Waals surface area contributed by atoms with Crippen molar-refractivity contribution >= 4 is 41.0 Å². The topological polar surface area (TPSA) is 103 Å². The Bertz CT molecular complexity index is 1380.